The van der Waals surface area contributed by atoms with Gasteiger partial charge in [-0.3, -0.25) is 10.2 Å². The third-order valence-corrected chi connectivity index (χ3v) is 3.94. The van der Waals surface area contributed by atoms with Gasteiger partial charge in [0.15, 0.2) is 0 Å². The molecule has 0 aliphatic carbocycles. The first-order chi connectivity index (χ1) is 8.91. The molecule has 1 aliphatic heterocycles. The minimum atomic E-state index is -0.434. The number of rotatable bonds is 6. The third kappa shape index (κ3) is 4.76. The van der Waals surface area contributed by atoms with E-state index in [2.05, 4.69) is 44.0 Å². The van der Waals surface area contributed by atoms with E-state index in [0.29, 0.717) is 12.1 Å². The lowest BCUT2D eigenvalue weighted by molar-refractivity contribution is -0.0663. The summed E-state index contributed by atoms with van der Waals surface area (Å²) in [7, 11) is 0. The minimum absolute atomic E-state index is 0.288. The average molecular weight is 267 g/mol. The monoisotopic (exact) mass is 267 g/mol. The molecule has 0 aromatic heterocycles. The highest BCUT2D eigenvalue weighted by Gasteiger charge is 2.32. The second-order valence-electron chi connectivity index (χ2n) is 6.11. The summed E-state index contributed by atoms with van der Waals surface area (Å²) < 4.78 is 5.67. The largest absolute Gasteiger partial charge is 0.376 e. The van der Waals surface area contributed by atoms with Crippen molar-refractivity contribution in [2.24, 2.45) is 0 Å². The van der Waals surface area contributed by atoms with Crippen molar-refractivity contribution < 1.29 is 4.74 Å². The first kappa shape index (κ1) is 16.4. The van der Waals surface area contributed by atoms with Gasteiger partial charge in [0.05, 0.1) is 18.8 Å². The van der Waals surface area contributed by atoms with Crippen molar-refractivity contribution in [3.63, 3.8) is 0 Å². The zero-order valence-corrected chi connectivity index (χ0v) is 13.1. The molecule has 4 nitrogen and oxygen atoms in total. The van der Waals surface area contributed by atoms with E-state index in [4.69, 9.17) is 4.74 Å². The number of hydrogen-bond acceptors (Lipinski definition) is 4. The molecule has 0 aromatic carbocycles. The molecule has 1 rings (SSSR count). The zero-order chi connectivity index (χ0) is 14.5. The summed E-state index contributed by atoms with van der Waals surface area (Å²) in [6, 6.07) is 3.26. The van der Waals surface area contributed by atoms with Gasteiger partial charge in [0.1, 0.15) is 5.54 Å². The summed E-state index contributed by atoms with van der Waals surface area (Å²) in [5, 5.41) is 12.8. The summed E-state index contributed by atoms with van der Waals surface area (Å²) in [6.07, 6.45) is 2.19. The fourth-order valence-corrected chi connectivity index (χ4v) is 2.81. The van der Waals surface area contributed by atoms with Crippen LogP contribution in [0.3, 0.4) is 0 Å². The number of morpholine rings is 1. The summed E-state index contributed by atoms with van der Waals surface area (Å²) in [6.45, 7) is 13.3. The molecule has 1 saturated heterocycles. The van der Waals surface area contributed by atoms with Crippen LogP contribution in [-0.2, 0) is 4.74 Å². The Morgan fingerprint density at radius 3 is 2.79 bits per heavy atom. The van der Waals surface area contributed by atoms with E-state index in [1.807, 2.05) is 6.92 Å². The van der Waals surface area contributed by atoms with Crippen LogP contribution in [0.5, 0.6) is 0 Å². The molecule has 0 bridgehead atoms. The third-order valence-electron chi connectivity index (χ3n) is 3.94. The standard InChI is InChI=1S/C15H29N3O/c1-6-7-17-15(5,11-16)8-12(2)18-9-14(4)19-10-13(18)3/h12-14,17H,6-10H2,1-5H3. The Morgan fingerprint density at radius 2 is 2.21 bits per heavy atom. The van der Waals surface area contributed by atoms with Crippen LogP contribution in [0.15, 0.2) is 0 Å². The first-order valence-corrected chi connectivity index (χ1v) is 7.45. The van der Waals surface area contributed by atoms with Gasteiger partial charge in [0.2, 0.25) is 0 Å². The summed E-state index contributed by atoms with van der Waals surface area (Å²) >= 11 is 0. The number of nitriles is 1. The van der Waals surface area contributed by atoms with Crippen molar-refractivity contribution in [3.8, 4) is 6.07 Å². The maximum Gasteiger partial charge on any atom is 0.105 e. The topological polar surface area (TPSA) is 48.3 Å². The van der Waals surface area contributed by atoms with Crippen LogP contribution in [0, 0.1) is 11.3 Å². The van der Waals surface area contributed by atoms with Crippen LogP contribution >= 0.6 is 0 Å². The van der Waals surface area contributed by atoms with E-state index in [0.717, 1.165) is 32.5 Å². The van der Waals surface area contributed by atoms with Crippen LogP contribution in [0.2, 0.25) is 0 Å². The van der Waals surface area contributed by atoms with E-state index < -0.39 is 5.54 Å². The summed E-state index contributed by atoms with van der Waals surface area (Å²) in [5.41, 5.74) is -0.434. The molecule has 4 heteroatoms. The average Bonchev–Trinajstić information content (AvgIpc) is 2.39. The molecule has 110 valence electrons. The molecule has 4 atom stereocenters. The van der Waals surface area contributed by atoms with E-state index >= 15 is 0 Å². The Morgan fingerprint density at radius 1 is 1.53 bits per heavy atom. The molecule has 4 unspecified atom stereocenters. The molecule has 1 heterocycles. The SMILES string of the molecule is CCCNC(C)(C#N)CC(C)N1CC(C)OCC1C. The fourth-order valence-electron chi connectivity index (χ4n) is 2.81. The maximum atomic E-state index is 9.42. The van der Waals surface area contributed by atoms with E-state index in [1.165, 1.54) is 0 Å². The lowest BCUT2D eigenvalue weighted by atomic mass is 9.93. The van der Waals surface area contributed by atoms with Crippen LogP contribution in [-0.4, -0.2) is 48.3 Å². The summed E-state index contributed by atoms with van der Waals surface area (Å²) in [5.74, 6) is 0. The lowest BCUT2D eigenvalue weighted by Gasteiger charge is -2.42. The molecule has 0 amide bonds. The van der Waals surface area contributed by atoms with Gasteiger partial charge in [-0.05, 0) is 47.1 Å². The van der Waals surface area contributed by atoms with Gasteiger partial charge in [0, 0.05) is 18.6 Å². The molecule has 1 aliphatic rings. The second-order valence-corrected chi connectivity index (χ2v) is 6.11. The summed E-state index contributed by atoms with van der Waals surface area (Å²) in [4.78, 5) is 2.47. The molecule has 19 heavy (non-hydrogen) atoms. The van der Waals surface area contributed by atoms with E-state index in [9.17, 15) is 5.26 Å². The number of ether oxygens (including phenoxy) is 1. The predicted molar refractivity (Wildman–Crippen MR) is 78.0 cm³/mol. The number of nitrogens with zero attached hydrogens (tertiary/aromatic N) is 2. The molecule has 1 N–H and O–H groups in total. The van der Waals surface area contributed by atoms with Crippen LogP contribution < -0.4 is 5.32 Å². The van der Waals surface area contributed by atoms with Gasteiger partial charge >= 0.3 is 0 Å². The molecule has 0 saturated carbocycles. The lowest BCUT2D eigenvalue weighted by Crippen LogP contribution is -2.54. The molecule has 1 fully saturated rings. The van der Waals surface area contributed by atoms with Crippen molar-refractivity contribution in [1.82, 2.24) is 10.2 Å². The number of hydrogen-bond donors (Lipinski definition) is 1. The van der Waals surface area contributed by atoms with Crippen molar-refractivity contribution in [2.75, 3.05) is 19.7 Å². The molecule has 0 spiro atoms. The molecule has 0 radical (unpaired) electrons. The Hall–Kier alpha value is -0.630. The minimum Gasteiger partial charge on any atom is -0.376 e. The second kappa shape index (κ2) is 7.23. The smallest absolute Gasteiger partial charge is 0.105 e. The van der Waals surface area contributed by atoms with Gasteiger partial charge < -0.3 is 4.74 Å². The Bertz CT molecular complexity index is 315. The Balaban J connectivity index is 2.61. The Kier molecular flexibility index (Phi) is 6.25. The van der Waals surface area contributed by atoms with Gasteiger partial charge in [-0.2, -0.15) is 5.26 Å². The van der Waals surface area contributed by atoms with Gasteiger partial charge in [0.25, 0.3) is 0 Å². The normalized spacial score (nSPS) is 29.5. The van der Waals surface area contributed by atoms with Crippen molar-refractivity contribution in [1.29, 1.82) is 5.26 Å². The van der Waals surface area contributed by atoms with Crippen LogP contribution in [0.1, 0.15) is 47.5 Å². The first-order valence-electron chi connectivity index (χ1n) is 7.45. The highest BCUT2D eigenvalue weighted by molar-refractivity contribution is 5.05. The highest BCUT2D eigenvalue weighted by atomic mass is 16.5. The van der Waals surface area contributed by atoms with Crippen molar-refractivity contribution in [3.05, 3.63) is 0 Å². The van der Waals surface area contributed by atoms with Crippen molar-refractivity contribution in [2.45, 2.75) is 71.2 Å². The van der Waals surface area contributed by atoms with Gasteiger partial charge in [-0.1, -0.05) is 6.92 Å². The molecular weight excluding hydrogens is 238 g/mol. The van der Waals surface area contributed by atoms with Crippen LogP contribution in [0.4, 0.5) is 0 Å². The number of nitrogens with one attached hydrogen (secondary N) is 1. The quantitative estimate of drug-likeness (QED) is 0.801. The van der Waals surface area contributed by atoms with E-state index in [1.54, 1.807) is 0 Å². The maximum absolute atomic E-state index is 9.42. The van der Waals surface area contributed by atoms with E-state index in [-0.39, 0.29) is 6.10 Å². The van der Waals surface area contributed by atoms with Gasteiger partial charge in [-0.15, -0.1) is 0 Å². The predicted octanol–water partition coefficient (Wildman–Crippen LogP) is 2.16. The fraction of sp³-hybridized carbons (Fsp3) is 0.933. The van der Waals surface area contributed by atoms with Gasteiger partial charge in [-0.25, -0.2) is 0 Å². The molecular formula is C15H29N3O. The molecule has 0 aromatic rings. The highest BCUT2D eigenvalue weighted by Crippen LogP contribution is 2.21. The van der Waals surface area contributed by atoms with Crippen molar-refractivity contribution >= 4 is 0 Å². The Labute approximate surface area is 118 Å². The van der Waals surface area contributed by atoms with Crippen LogP contribution in [0.25, 0.3) is 0 Å². The zero-order valence-electron chi connectivity index (χ0n) is 13.1.